The maximum absolute atomic E-state index is 11.8. The minimum absolute atomic E-state index is 0.00171. The molecule has 0 heterocycles. The fourth-order valence-corrected chi connectivity index (χ4v) is 2.67. The van der Waals surface area contributed by atoms with Crippen LogP contribution in [0.1, 0.15) is 57.8 Å². The van der Waals surface area contributed by atoms with Gasteiger partial charge in [-0.3, -0.25) is 0 Å². The van der Waals surface area contributed by atoms with Crippen molar-refractivity contribution >= 4 is 6.03 Å². The molecule has 0 spiro atoms. The summed E-state index contributed by atoms with van der Waals surface area (Å²) in [5, 5.41) is 15.2. The number of hydrogen-bond acceptors (Lipinski definition) is 2. The number of amides is 2. The van der Waals surface area contributed by atoms with Crippen LogP contribution in [-0.4, -0.2) is 30.3 Å². The molecule has 4 nitrogen and oxygen atoms in total. The molecular weight excluding hydrogens is 228 g/mol. The van der Waals surface area contributed by atoms with E-state index in [2.05, 4.69) is 10.6 Å². The summed E-state index contributed by atoms with van der Waals surface area (Å²) in [4.78, 5) is 11.8. The Balaban J connectivity index is 1.66. The first-order chi connectivity index (χ1) is 8.74. The van der Waals surface area contributed by atoms with Gasteiger partial charge in [0.25, 0.3) is 0 Å². The van der Waals surface area contributed by atoms with Crippen molar-refractivity contribution in [3.05, 3.63) is 0 Å². The zero-order valence-electron chi connectivity index (χ0n) is 11.2. The van der Waals surface area contributed by atoms with Crippen LogP contribution in [0.3, 0.4) is 0 Å². The van der Waals surface area contributed by atoms with Crippen molar-refractivity contribution in [1.29, 1.82) is 0 Å². The Hall–Kier alpha value is -0.770. The quantitative estimate of drug-likeness (QED) is 0.720. The normalized spacial score (nSPS) is 23.8. The predicted octanol–water partition coefficient (Wildman–Crippen LogP) is 2.17. The molecule has 4 heteroatoms. The Bertz CT molecular complexity index is 269. The number of rotatable bonds is 4. The lowest BCUT2D eigenvalue weighted by Crippen LogP contribution is -2.44. The van der Waals surface area contributed by atoms with Gasteiger partial charge in [0, 0.05) is 18.0 Å². The lowest BCUT2D eigenvalue weighted by Gasteiger charge is -2.22. The second-order valence-electron chi connectivity index (χ2n) is 6.03. The van der Waals surface area contributed by atoms with Crippen LogP contribution in [-0.2, 0) is 0 Å². The molecule has 0 bridgehead atoms. The van der Waals surface area contributed by atoms with Gasteiger partial charge < -0.3 is 15.7 Å². The highest BCUT2D eigenvalue weighted by molar-refractivity contribution is 5.74. The van der Waals surface area contributed by atoms with Gasteiger partial charge >= 0.3 is 6.03 Å². The van der Waals surface area contributed by atoms with E-state index in [0.717, 1.165) is 25.7 Å². The van der Waals surface area contributed by atoms with Crippen molar-refractivity contribution in [1.82, 2.24) is 10.6 Å². The third-order valence-electron chi connectivity index (χ3n) is 4.36. The van der Waals surface area contributed by atoms with E-state index in [-0.39, 0.29) is 18.1 Å². The summed E-state index contributed by atoms with van der Waals surface area (Å²) in [5.74, 6) is 0. The summed E-state index contributed by atoms with van der Waals surface area (Å²) >= 11 is 0. The molecule has 104 valence electrons. The van der Waals surface area contributed by atoms with Crippen LogP contribution in [0.5, 0.6) is 0 Å². The van der Waals surface area contributed by atoms with E-state index in [0.29, 0.717) is 12.6 Å². The second-order valence-corrected chi connectivity index (χ2v) is 6.03. The van der Waals surface area contributed by atoms with Crippen molar-refractivity contribution < 1.29 is 9.90 Å². The van der Waals surface area contributed by atoms with Gasteiger partial charge in [-0.1, -0.05) is 32.1 Å². The fraction of sp³-hybridized carbons (Fsp3) is 0.929. The van der Waals surface area contributed by atoms with Gasteiger partial charge in [0.1, 0.15) is 0 Å². The molecule has 3 N–H and O–H groups in total. The monoisotopic (exact) mass is 254 g/mol. The second kappa shape index (κ2) is 6.41. The van der Waals surface area contributed by atoms with Crippen molar-refractivity contribution in [2.75, 3.05) is 13.2 Å². The van der Waals surface area contributed by atoms with Crippen molar-refractivity contribution in [3.8, 4) is 0 Å². The number of urea groups is 1. The topological polar surface area (TPSA) is 61.4 Å². The van der Waals surface area contributed by atoms with Crippen LogP contribution in [0.4, 0.5) is 4.79 Å². The zero-order valence-corrected chi connectivity index (χ0v) is 11.2. The predicted molar refractivity (Wildman–Crippen MR) is 71.4 cm³/mol. The summed E-state index contributed by atoms with van der Waals surface area (Å²) in [7, 11) is 0. The number of hydrogen-bond donors (Lipinski definition) is 3. The first-order valence-electron chi connectivity index (χ1n) is 7.39. The van der Waals surface area contributed by atoms with Crippen LogP contribution >= 0.6 is 0 Å². The molecule has 2 fully saturated rings. The lowest BCUT2D eigenvalue weighted by atomic mass is 9.97. The number of aliphatic hydroxyl groups excluding tert-OH is 1. The van der Waals surface area contributed by atoms with Gasteiger partial charge in [0.2, 0.25) is 0 Å². The number of nitrogens with one attached hydrogen (secondary N) is 2. The Morgan fingerprint density at radius 3 is 2.28 bits per heavy atom. The average Bonchev–Trinajstić information content (AvgIpc) is 3.11. The Labute approximate surface area is 110 Å². The first kappa shape index (κ1) is 13.7. The summed E-state index contributed by atoms with van der Waals surface area (Å²) in [6.45, 7) is 0.804. The minimum Gasteiger partial charge on any atom is -0.396 e. The summed E-state index contributed by atoms with van der Waals surface area (Å²) in [6, 6.07) is 0.287. The first-order valence-corrected chi connectivity index (χ1v) is 7.39. The third-order valence-corrected chi connectivity index (χ3v) is 4.36. The molecule has 0 saturated heterocycles. The summed E-state index contributed by atoms with van der Waals surface area (Å²) < 4.78 is 0. The fourth-order valence-electron chi connectivity index (χ4n) is 2.67. The summed E-state index contributed by atoms with van der Waals surface area (Å²) in [6.07, 6.45) is 10.7. The molecule has 2 aliphatic carbocycles. The molecule has 18 heavy (non-hydrogen) atoms. The van der Waals surface area contributed by atoms with E-state index < -0.39 is 0 Å². The number of carbonyl (C=O) groups is 1. The maximum Gasteiger partial charge on any atom is 0.315 e. The molecule has 0 aromatic rings. The Morgan fingerprint density at radius 2 is 1.72 bits per heavy atom. The van der Waals surface area contributed by atoms with Crippen LogP contribution in [0.2, 0.25) is 0 Å². The van der Waals surface area contributed by atoms with Gasteiger partial charge in [-0.25, -0.2) is 4.79 Å². The molecule has 0 radical (unpaired) electrons. The maximum atomic E-state index is 11.8. The smallest absolute Gasteiger partial charge is 0.315 e. The van der Waals surface area contributed by atoms with Gasteiger partial charge in [-0.05, 0) is 25.7 Å². The van der Waals surface area contributed by atoms with Crippen LogP contribution in [0, 0.1) is 5.41 Å². The van der Waals surface area contributed by atoms with E-state index in [1.54, 1.807) is 0 Å². The number of carbonyl (C=O) groups excluding carboxylic acids is 1. The average molecular weight is 254 g/mol. The SMILES string of the molecule is O=C(NCC1(CO)CC1)NC1CCCCCCC1. The zero-order chi connectivity index (χ0) is 12.8. The van der Waals surface area contributed by atoms with Gasteiger partial charge in [-0.15, -0.1) is 0 Å². The Kier molecular flexibility index (Phi) is 4.87. The van der Waals surface area contributed by atoms with Crippen LogP contribution in [0.25, 0.3) is 0 Å². The van der Waals surface area contributed by atoms with E-state index in [9.17, 15) is 9.90 Å². The van der Waals surface area contributed by atoms with Crippen LogP contribution in [0.15, 0.2) is 0 Å². The molecule has 2 rings (SSSR count). The van der Waals surface area contributed by atoms with Crippen molar-refractivity contribution in [3.63, 3.8) is 0 Å². The van der Waals surface area contributed by atoms with Crippen molar-refractivity contribution in [2.24, 2.45) is 5.41 Å². The molecule has 0 aliphatic heterocycles. The lowest BCUT2D eigenvalue weighted by molar-refractivity contribution is 0.201. The minimum atomic E-state index is -0.0553. The van der Waals surface area contributed by atoms with Gasteiger partial charge in [0.05, 0.1) is 6.61 Å². The van der Waals surface area contributed by atoms with Gasteiger partial charge in [-0.2, -0.15) is 0 Å². The van der Waals surface area contributed by atoms with Gasteiger partial charge in [0.15, 0.2) is 0 Å². The van der Waals surface area contributed by atoms with E-state index in [1.165, 1.54) is 32.1 Å². The molecular formula is C14H26N2O2. The molecule has 0 atom stereocenters. The highest BCUT2D eigenvalue weighted by atomic mass is 16.3. The largest absolute Gasteiger partial charge is 0.396 e. The van der Waals surface area contributed by atoms with Crippen molar-refractivity contribution in [2.45, 2.75) is 63.8 Å². The molecule has 2 amide bonds. The molecule has 0 unspecified atom stereocenters. The van der Waals surface area contributed by atoms with E-state index in [4.69, 9.17) is 0 Å². The van der Waals surface area contributed by atoms with E-state index >= 15 is 0 Å². The molecule has 0 aromatic heterocycles. The highest BCUT2D eigenvalue weighted by Gasteiger charge is 2.42. The molecule has 0 aromatic carbocycles. The standard InChI is InChI=1S/C14H26N2O2/c17-11-14(8-9-14)10-15-13(18)16-12-6-4-2-1-3-5-7-12/h12,17H,1-11H2,(H2,15,16,18). The molecule has 2 saturated carbocycles. The Morgan fingerprint density at radius 1 is 1.11 bits per heavy atom. The summed E-state index contributed by atoms with van der Waals surface area (Å²) in [5.41, 5.74) is -0.00171. The third kappa shape index (κ3) is 4.16. The molecule has 2 aliphatic rings. The van der Waals surface area contributed by atoms with Crippen LogP contribution < -0.4 is 10.6 Å². The van der Waals surface area contributed by atoms with E-state index in [1.807, 2.05) is 0 Å². The highest BCUT2D eigenvalue weighted by Crippen LogP contribution is 2.44. The number of aliphatic hydroxyl groups is 1.